The normalized spacial score (nSPS) is 14.4. The molecule has 6 heteroatoms. The van der Waals surface area contributed by atoms with Crippen molar-refractivity contribution in [3.63, 3.8) is 0 Å². The number of esters is 1. The van der Waals surface area contributed by atoms with Crippen LogP contribution < -0.4 is 9.47 Å². The van der Waals surface area contributed by atoms with Crippen LogP contribution in [-0.2, 0) is 9.53 Å². The molecule has 0 saturated carbocycles. The van der Waals surface area contributed by atoms with Crippen LogP contribution in [0.3, 0.4) is 0 Å². The summed E-state index contributed by atoms with van der Waals surface area (Å²) in [7, 11) is 1.54. The highest BCUT2D eigenvalue weighted by Gasteiger charge is 2.31. The number of amides is 1. The monoisotopic (exact) mass is 383 g/mol. The quantitative estimate of drug-likeness (QED) is 0.684. The first-order valence-electron chi connectivity index (χ1n) is 9.49. The number of benzene rings is 2. The molecule has 0 unspecified atom stereocenters. The number of nitrogens with zero attached hydrogens (tertiary/aromatic N) is 1. The minimum atomic E-state index is -0.968. The van der Waals surface area contributed by atoms with E-state index in [0.29, 0.717) is 42.3 Å². The third-order valence-electron chi connectivity index (χ3n) is 4.67. The summed E-state index contributed by atoms with van der Waals surface area (Å²) < 4.78 is 16.5. The molecule has 0 radical (unpaired) electrons. The van der Waals surface area contributed by atoms with Gasteiger partial charge in [0.2, 0.25) is 6.10 Å². The van der Waals surface area contributed by atoms with E-state index in [1.54, 1.807) is 35.2 Å². The average Bonchev–Trinajstić information content (AvgIpc) is 3.27. The second kappa shape index (κ2) is 9.26. The smallest absolute Gasteiger partial charge is 0.339 e. The molecule has 1 heterocycles. The van der Waals surface area contributed by atoms with Gasteiger partial charge in [-0.05, 0) is 38.0 Å². The van der Waals surface area contributed by atoms with Gasteiger partial charge in [0.1, 0.15) is 0 Å². The zero-order chi connectivity index (χ0) is 19.9. The number of rotatable bonds is 7. The van der Waals surface area contributed by atoms with Gasteiger partial charge >= 0.3 is 5.97 Å². The second-order valence-corrected chi connectivity index (χ2v) is 6.53. The van der Waals surface area contributed by atoms with Crippen LogP contribution in [0.2, 0.25) is 0 Å². The minimum absolute atomic E-state index is 0.185. The maximum atomic E-state index is 13.0. The molecule has 1 atom stereocenters. The first kappa shape index (κ1) is 19.7. The van der Waals surface area contributed by atoms with Crippen molar-refractivity contribution in [1.82, 2.24) is 4.90 Å². The molecule has 0 aliphatic carbocycles. The van der Waals surface area contributed by atoms with Crippen LogP contribution in [0.15, 0.2) is 48.5 Å². The van der Waals surface area contributed by atoms with E-state index in [1.807, 2.05) is 25.1 Å². The number of likely N-dealkylation sites (tertiary alicyclic amines) is 1. The Labute approximate surface area is 165 Å². The van der Waals surface area contributed by atoms with Crippen molar-refractivity contribution in [2.24, 2.45) is 0 Å². The molecule has 0 bridgehead atoms. The van der Waals surface area contributed by atoms with Crippen LogP contribution in [0.5, 0.6) is 11.5 Å². The van der Waals surface area contributed by atoms with Gasteiger partial charge in [-0.1, -0.05) is 30.3 Å². The molecule has 2 aromatic carbocycles. The summed E-state index contributed by atoms with van der Waals surface area (Å²) in [5, 5.41) is 0. The summed E-state index contributed by atoms with van der Waals surface area (Å²) >= 11 is 0. The molecule has 1 amide bonds. The first-order chi connectivity index (χ1) is 13.6. The summed E-state index contributed by atoms with van der Waals surface area (Å²) in [6.45, 7) is 3.67. The largest absolute Gasteiger partial charge is 0.493 e. The Morgan fingerprint density at radius 2 is 1.75 bits per heavy atom. The molecule has 28 heavy (non-hydrogen) atoms. The molecule has 1 saturated heterocycles. The lowest BCUT2D eigenvalue weighted by molar-refractivity contribution is -0.140. The van der Waals surface area contributed by atoms with E-state index in [-0.39, 0.29) is 5.91 Å². The maximum Gasteiger partial charge on any atom is 0.339 e. The highest BCUT2D eigenvalue weighted by Crippen LogP contribution is 2.30. The van der Waals surface area contributed by atoms with Crippen LogP contribution in [0.25, 0.3) is 0 Å². The third kappa shape index (κ3) is 4.44. The Kier molecular flexibility index (Phi) is 6.53. The van der Waals surface area contributed by atoms with Gasteiger partial charge in [0.05, 0.1) is 19.3 Å². The summed E-state index contributed by atoms with van der Waals surface area (Å²) in [5.74, 6) is 0.230. The number of carbonyl (C=O) groups excluding carboxylic acids is 2. The van der Waals surface area contributed by atoms with E-state index < -0.39 is 12.1 Å². The van der Waals surface area contributed by atoms with Gasteiger partial charge in [0, 0.05) is 18.7 Å². The van der Waals surface area contributed by atoms with E-state index in [0.717, 1.165) is 12.8 Å². The highest BCUT2D eigenvalue weighted by molar-refractivity contribution is 5.93. The summed E-state index contributed by atoms with van der Waals surface area (Å²) in [6.07, 6.45) is 0.971. The molecule has 3 rings (SSSR count). The van der Waals surface area contributed by atoms with Crippen LogP contribution in [-0.4, -0.2) is 43.6 Å². The van der Waals surface area contributed by atoms with Gasteiger partial charge in [-0.2, -0.15) is 0 Å². The fourth-order valence-electron chi connectivity index (χ4n) is 3.24. The van der Waals surface area contributed by atoms with Gasteiger partial charge in [-0.15, -0.1) is 0 Å². The van der Waals surface area contributed by atoms with Crippen molar-refractivity contribution in [3.8, 4) is 11.5 Å². The van der Waals surface area contributed by atoms with Crippen LogP contribution >= 0.6 is 0 Å². The Hall–Kier alpha value is -3.02. The average molecular weight is 383 g/mol. The van der Waals surface area contributed by atoms with Crippen molar-refractivity contribution in [2.75, 3.05) is 26.8 Å². The van der Waals surface area contributed by atoms with Crippen molar-refractivity contribution in [2.45, 2.75) is 25.9 Å². The number of hydrogen-bond donors (Lipinski definition) is 0. The molecular formula is C22H25NO5. The Bertz CT molecular complexity index is 815. The number of methoxy groups -OCH3 is 1. The van der Waals surface area contributed by atoms with Crippen molar-refractivity contribution >= 4 is 11.9 Å². The first-order valence-corrected chi connectivity index (χ1v) is 9.49. The summed E-state index contributed by atoms with van der Waals surface area (Å²) in [6, 6.07) is 13.9. The SMILES string of the molecule is CCOc1cc(C(=O)O[C@H](C(=O)N2CCCC2)c2ccccc2)ccc1OC. The van der Waals surface area contributed by atoms with E-state index in [9.17, 15) is 9.59 Å². The second-order valence-electron chi connectivity index (χ2n) is 6.53. The van der Waals surface area contributed by atoms with E-state index in [1.165, 1.54) is 7.11 Å². The predicted octanol–water partition coefficient (Wildman–Crippen LogP) is 3.61. The summed E-state index contributed by atoms with van der Waals surface area (Å²) in [4.78, 5) is 27.6. The third-order valence-corrected chi connectivity index (χ3v) is 4.67. The lowest BCUT2D eigenvalue weighted by Gasteiger charge is -2.23. The fourth-order valence-corrected chi connectivity index (χ4v) is 3.24. The molecule has 1 aliphatic rings. The molecule has 148 valence electrons. The Balaban J connectivity index is 1.85. The predicted molar refractivity (Wildman–Crippen MR) is 105 cm³/mol. The van der Waals surface area contributed by atoms with Crippen LogP contribution in [0, 0.1) is 0 Å². The molecule has 2 aromatic rings. The van der Waals surface area contributed by atoms with Crippen molar-refractivity contribution in [1.29, 1.82) is 0 Å². The molecule has 1 aliphatic heterocycles. The van der Waals surface area contributed by atoms with E-state index in [4.69, 9.17) is 14.2 Å². The van der Waals surface area contributed by atoms with Gasteiger partial charge in [0.25, 0.3) is 5.91 Å². The van der Waals surface area contributed by atoms with E-state index >= 15 is 0 Å². The van der Waals surface area contributed by atoms with E-state index in [2.05, 4.69) is 0 Å². The molecule has 6 nitrogen and oxygen atoms in total. The Morgan fingerprint density at radius 1 is 1.04 bits per heavy atom. The fraction of sp³-hybridized carbons (Fsp3) is 0.364. The van der Waals surface area contributed by atoms with Gasteiger partial charge < -0.3 is 19.1 Å². The van der Waals surface area contributed by atoms with Crippen molar-refractivity contribution in [3.05, 3.63) is 59.7 Å². The molecule has 0 spiro atoms. The number of carbonyl (C=O) groups is 2. The summed E-state index contributed by atoms with van der Waals surface area (Å²) in [5.41, 5.74) is 0.964. The zero-order valence-corrected chi connectivity index (χ0v) is 16.2. The number of ether oxygens (including phenoxy) is 3. The van der Waals surface area contributed by atoms with Crippen molar-refractivity contribution < 1.29 is 23.8 Å². The van der Waals surface area contributed by atoms with Gasteiger partial charge in [0.15, 0.2) is 11.5 Å². The maximum absolute atomic E-state index is 13.0. The van der Waals surface area contributed by atoms with Crippen LogP contribution in [0.4, 0.5) is 0 Å². The Morgan fingerprint density at radius 3 is 2.39 bits per heavy atom. The van der Waals surface area contributed by atoms with Gasteiger partial charge in [-0.3, -0.25) is 4.79 Å². The molecule has 0 aromatic heterocycles. The topological polar surface area (TPSA) is 65.1 Å². The van der Waals surface area contributed by atoms with Crippen LogP contribution in [0.1, 0.15) is 41.8 Å². The highest BCUT2D eigenvalue weighted by atomic mass is 16.5. The number of hydrogen-bond acceptors (Lipinski definition) is 5. The molecular weight excluding hydrogens is 358 g/mol. The minimum Gasteiger partial charge on any atom is -0.493 e. The lowest BCUT2D eigenvalue weighted by Crippen LogP contribution is -2.34. The molecule has 0 N–H and O–H groups in total. The molecule has 1 fully saturated rings. The lowest BCUT2D eigenvalue weighted by atomic mass is 10.1. The standard InChI is InChI=1S/C22H25NO5/c1-3-27-19-15-17(11-12-18(19)26-2)22(25)28-20(16-9-5-4-6-10-16)21(24)23-13-7-8-14-23/h4-6,9-12,15,20H,3,7-8,13-14H2,1-2H3/t20-/m0/s1. The van der Waals surface area contributed by atoms with Gasteiger partial charge in [-0.25, -0.2) is 4.79 Å². The zero-order valence-electron chi connectivity index (χ0n) is 16.2.